The number of allylic oxidation sites excluding steroid dienone is 1. The predicted molar refractivity (Wildman–Crippen MR) is 207 cm³/mol. The second-order valence-electron chi connectivity index (χ2n) is 13.8. The van der Waals surface area contributed by atoms with Gasteiger partial charge in [-0.3, -0.25) is 19.1 Å². The summed E-state index contributed by atoms with van der Waals surface area (Å²) >= 11 is 0. The molecular formula is C38H45N13O4. The van der Waals surface area contributed by atoms with E-state index in [0.29, 0.717) is 49.1 Å². The zero-order valence-electron chi connectivity index (χ0n) is 31.5. The Balaban J connectivity index is 1.12. The maximum Gasteiger partial charge on any atom is 0.318 e. The number of likely N-dealkylation sites (N-methyl/N-ethyl adjacent to an activating group) is 1. The molecular weight excluding hydrogens is 703 g/mol. The van der Waals surface area contributed by atoms with Gasteiger partial charge < -0.3 is 46.9 Å². The third kappa shape index (κ3) is 7.07. The maximum atomic E-state index is 13.5. The Morgan fingerprint density at radius 1 is 0.927 bits per heavy atom. The highest BCUT2D eigenvalue weighted by Gasteiger charge is 2.39. The largest absolute Gasteiger partial charge is 0.467 e. The van der Waals surface area contributed by atoms with Crippen LogP contribution in [0.25, 0.3) is 11.1 Å². The van der Waals surface area contributed by atoms with Gasteiger partial charge in [-0.2, -0.15) is 10.1 Å². The highest BCUT2D eigenvalue weighted by Crippen LogP contribution is 2.48. The van der Waals surface area contributed by atoms with Gasteiger partial charge >= 0.3 is 6.01 Å². The van der Waals surface area contributed by atoms with Crippen molar-refractivity contribution >= 4 is 34.9 Å². The van der Waals surface area contributed by atoms with Crippen molar-refractivity contribution in [3.8, 4) is 17.1 Å². The number of pyridine rings is 1. The van der Waals surface area contributed by atoms with E-state index in [1.807, 2.05) is 36.1 Å². The summed E-state index contributed by atoms with van der Waals surface area (Å²) < 4.78 is 7.19. The maximum absolute atomic E-state index is 13.5. The van der Waals surface area contributed by atoms with Gasteiger partial charge in [-0.05, 0) is 44.9 Å². The predicted octanol–water partition coefficient (Wildman–Crippen LogP) is 2.74. The van der Waals surface area contributed by atoms with E-state index < -0.39 is 5.91 Å². The number of rotatable bonds is 10. The molecule has 17 nitrogen and oxygen atoms in total. The fourth-order valence-electron chi connectivity index (χ4n) is 7.22. The molecule has 7 N–H and O–H groups in total. The number of carbonyl (C=O) groups excluding carboxylic acids is 3. The van der Waals surface area contributed by atoms with Crippen molar-refractivity contribution in [2.24, 2.45) is 11.5 Å². The van der Waals surface area contributed by atoms with Crippen molar-refractivity contribution in [3.63, 3.8) is 0 Å². The number of aromatic nitrogens is 5. The van der Waals surface area contributed by atoms with E-state index >= 15 is 0 Å². The van der Waals surface area contributed by atoms with Crippen molar-refractivity contribution in [2.45, 2.75) is 38.8 Å². The number of methoxy groups -OCH3 is 1. The normalized spacial score (nSPS) is 17.1. The van der Waals surface area contributed by atoms with Crippen LogP contribution in [0.1, 0.15) is 64.2 Å². The first-order valence-electron chi connectivity index (χ1n) is 18.1. The molecule has 286 valence electrons. The highest BCUT2D eigenvalue weighted by atomic mass is 16.5. The minimum absolute atomic E-state index is 0.0398. The van der Waals surface area contributed by atoms with Crippen LogP contribution in [-0.4, -0.2) is 99.6 Å². The first-order valence-corrected chi connectivity index (χ1v) is 18.1. The Kier molecular flexibility index (Phi) is 10.0. The number of benzene rings is 1. The lowest BCUT2D eigenvalue weighted by atomic mass is 9.93. The molecule has 4 aromatic rings. The van der Waals surface area contributed by atoms with Crippen LogP contribution < -0.4 is 37.1 Å². The standard InChI is InChI=1S/C38H45N13O4/c1-21-16-31(47-38(43-21)55-5)46-30(39)17-29(32(40)35(52)41-3)44-26-11-8-10-24-25-18-42-51(33(25)22(2)48(4)34(24)26)23-19-50(20-23)37(54)28-13-9-12-27(45-28)36(53)49-14-6-7-15-49/h8-13,16-18,22-23,44H,6-7,14-15,19-20,39-40H2,1-5H3,(H,41,52)(H,43,46,47)/b30-17+,32-29+. The van der Waals surface area contributed by atoms with Gasteiger partial charge in [0.05, 0.1) is 48.2 Å². The molecule has 17 heteroatoms. The SMILES string of the molecule is CNC(=O)/C(N)=C(/C=C(\N)Nc1cc(C)nc(OC)n1)Nc1cccc2c1N(C)C(C)c1c-2cnn1C1CN(C(=O)c2cccc(C(=O)N3CCCC3)n2)C1. The second kappa shape index (κ2) is 15.0. The Morgan fingerprint density at radius 2 is 1.62 bits per heavy atom. The van der Waals surface area contributed by atoms with Crippen molar-refractivity contribution in [1.82, 2.24) is 39.8 Å². The molecule has 1 atom stereocenters. The zero-order valence-corrected chi connectivity index (χ0v) is 31.5. The molecule has 3 amide bonds. The van der Waals surface area contributed by atoms with Gasteiger partial charge in [0.2, 0.25) is 0 Å². The smallest absolute Gasteiger partial charge is 0.318 e. The number of nitrogens with one attached hydrogen (secondary N) is 3. The number of fused-ring (bicyclic) bond motifs is 3. The molecule has 0 spiro atoms. The molecule has 1 aromatic carbocycles. The van der Waals surface area contributed by atoms with Gasteiger partial charge in [-0.25, -0.2) is 9.97 Å². The van der Waals surface area contributed by atoms with Gasteiger partial charge in [0.15, 0.2) is 0 Å². The summed E-state index contributed by atoms with van der Waals surface area (Å²) in [6.07, 6.45) is 5.35. The van der Waals surface area contributed by atoms with E-state index in [1.54, 1.807) is 41.0 Å². The molecule has 3 aliphatic heterocycles. The average molecular weight is 748 g/mol. The Bertz CT molecular complexity index is 2220. The van der Waals surface area contributed by atoms with Gasteiger partial charge in [0.1, 0.15) is 28.7 Å². The molecule has 0 aliphatic carbocycles. The molecule has 6 heterocycles. The van der Waals surface area contributed by atoms with Crippen LogP contribution in [0.4, 0.5) is 17.2 Å². The summed E-state index contributed by atoms with van der Waals surface area (Å²) in [5.41, 5.74) is 18.7. The van der Waals surface area contributed by atoms with Crippen molar-refractivity contribution in [3.05, 3.63) is 94.7 Å². The van der Waals surface area contributed by atoms with E-state index in [-0.39, 0.29) is 52.8 Å². The molecule has 0 radical (unpaired) electrons. The number of amides is 3. The zero-order chi connectivity index (χ0) is 39.0. The minimum atomic E-state index is -0.492. The molecule has 55 heavy (non-hydrogen) atoms. The van der Waals surface area contributed by atoms with Crippen LogP contribution in [0.3, 0.4) is 0 Å². The lowest BCUT2D eigenvalue weighted by Gasteiger charge is -2.42. The van der Waals surface area contributed by atoms with Crippen LogP contribution in [-0.2, 0) is 4.79 Å². The van der Waals surface area contributed by atoms with Crippen molar-refractivity contribution in [1.29, 1.82) is 0 Å². The lowest BCUT2D eigenvalue weighted by Crippen LogP contribution is -2.52. The number of hydrogen-bond acceptors (Lipinski definition) is 13. The summed E-state index contributed by atoms with van der Waals surface area (Å²) in [5.74, 6) is -0.273. The number of carbonyl (C=O) groups is 3. The summed E-state index contributed by atoms with van der Waals surface area (Å²) in [6.45, 7) is 6.25. The number of ether oxygens (including phenoxy) is 1. The molecule has 2 saturated heterocycles. The van der Waals surface area contributed by atoms with Crippen LogP contribution >= 0.6 is 0 Å². The minimum Gasteiger partial charge on any atom is -0.467 e. The van der Waals surface area contributed by atoms with Gasteiger partial charge in [0, 0.05) is 69.2 Å². The first-order chi connectivity index (χ1) is 26.5. The fourth-order valence-corrected chi connectivity index (χ4v) is 7.22. The van der Waals surface area contributed by atoms with Crippen LogP contribution in [0.15, 0.2) is 72.0 Å². The van der Waals surface area contributed by atoms with Crippen LogP contribution in [0, 0.1) is 6.92 Å². The number of anilines is 3. The Morgan fingerprint density at radius 3 is 2.31 bits per heavy atom. The van der Waals surface area contributed by atoms with Gasteiger partial charge in [0.25, 0.3) is 17.7 Å². The molecule has 0 saturated carbocycles. The number of nitrogens with two attached hydrogens (primary N) is 2. The van der Waals surface area contributed by atoms with Crippen molar-refractivity contribution < 1.29 is 19.1 Å². The number of aryl methyl sites for hydroxylation is 1. The Hall–Kier alpha value is -6.65. The number of likely N-dealkylation sites (tertiary alicyclic amines) is 2. The van der Waals surface area contributed by atoms with E-state index in [1.165, 1.54) is 20.2 Å². The van der Waals surface area contributed by atoms with Crippen LogP contribution in [0.2, 0.25) is 0 Å². The third-order valence-electron chi connectivity index (χ3n) is 10.2. The van der Waals surface area contributed by atoms with Gasteiger partial charge in [-0.1, -0.05) is 18.2 Å². The lowest BCUT2D eigenvalue weighted by molar-refractivity contribution is -0.117. The highest BCUT2D eigenvalue weighted by molar-refractivity contribution is 5.97. The van der Waals surface area contributed by atoms with E-state index in [2.05, 4.69) is 42.7 Å². The van der Waals surface area contributed by atoms with Crippen LogP contribution in [0.5, 0.6) is 6.01 Å². The third-order valence-corrected chi connectivity index (χ3v) is 10.2. The summed E-state index contributed by atoms with van der Waals surface area (Å²) in [6, 6.07) is 12.6. The number of hydrogen-bond donors (Lipinski definition) is 5. The second-order valence-corrected chi connectivity index (χ2v) is 13.8. The van der Waals surface area contributed by atoms with E-state index in [0.717, 1.165) is 35.3 Å². The van der Waals surface area contributed by atoms with Crippen molar-refractivity contribution in [2.75, 3.05) is 62.9 Å². The molecule has 2 fully saturated rings. The molecule has 1 unspecified atom stereocenters. The fraction of sp³-hybridized carbons (Fsp3) is 0.342. The number of nitrogens with zero attached hydrogens (tertiary/aromatic N) is 8. The quantitative estimate of drug-likeness (QED) is 0.117. The monoisotopic (exact) mass is 747 g/mol. The summed E-state index contributed by atoms with van der Waals surface area (Å²) in [5, 5.41) is 13.8. The Labute approximate surface area is 318 Å². The molecule has 7 rings (SSSR count). The molecule has 0 bridgehead atoms. The molecule has 3 aliphatic rings. The van der Waals surface area contributed by atoms with Gasteiger partial charge in [-0.15, -0.1) is 0 Å². The summed E-state index contributed by atoms with van der Waals surface area (Å²) in [7, 11) is 4.97. The van der Waals surface area contributed by atoms with E-state index in [4.69, 9.17) is 21.3 Å². The summed E-state index contributed by atoms with van der Waals surface area (Å²) in [4.78, 5) is 57.8. The number of para-hydroxylation sites is 1. The average Bonchev–Trinajstić information content (AvgIpc) is 3.86. The topological polar surface area (TPSA) is 215 Å². The molecule has 3 aromatic heterocycles. The van der Waals surface area contributed by atoms with E-state index in [9.17, 15) is 14.4 Å². The first kappa shape index (κ1) is 36.7.